The van der Waals surface area contributed by atoms with Crippen molar-refractivity contribution in [2.24, 2.45) is 0 Å². The van der Waals surface area contributed by atoms with Gasteiger partial charge in [-0.15, -0.1) is 0 Å². The number of unbranched alkanes of at least 4 members (excludes halogenated alkanes) is 1. The summed E-state index contributed by atoms with van der Waals surface area (Å²) in [5.74, 6) is 0. The van der Waals surface area contributed by atoms with Gasteiger partial charge >= 0.3 is 8.56 Å². The molecule has 106 valence electrons. The molecule has 0 unspecified atom stereocenters. The van der Waals surface area contributed by atoms with Gasteiger partial charge in [-0.05, 0) is 35.9 Å². The summed E-state index contributed by atoms with van der Waals surface area (Å²) in [6, 6.07) is 2.34. The predicted octanol–water partition coefficient (Wildman–Crippen LogP) is 3.04. The molecular weight excluding hydrogens is 244 g/mol. The Balaban J connectivity index is 0. The zero-order chi connectivity index (χ0) is 12.3. The van der Waals surface area contributed by atoms with Gasteiger partial charge < -0.3 is 8.85 Å². The summed E-state index contributed by atoms with van der Waals surface area (Å²) in [6.45, 7) is 10.6. The molecule has 0 aromatic heterocycles. The lowest BCUT2D eigenvalue weighted by molar-refractivity contribution is 0.166. The second-order valence-electron chi connectivity index (χ2n) is 4.46. The Bertz CT molecular complexity index is 133. The van der Waals surface area contributed by atoms with Crippen LogP contribution in [-0.4, -0.2) is 32.7 Å². The topological polar surface area (TPSA) is 18.5 Å². The molecule has 0 saturated carbocycles. The van der Waals surface area contributed by atoms with Gasteiger partial charge in [-0.25, -0.2) is 0 Å². The van der Waals surface area contributed by atoms with Gasteiger partial charge in [-0.1, -0.05) is 47.0 Å². The van der Waals surface area contributed by atoms with Crippen LogP contribution >= 0.6 is 0 Å². The van der Waals surface area contributed by atoms with Crippen molar-refractivity contribution in [3.63, 3.8) is 0 Å². The first-order chi connectivity index (χ1) is 7.74. The third-order valence-corrected chi connectivity index (χ3v) is 6.52. The van der Waals surface area contributed by atoms with Crippen LogP contribution < -0.4 is 0 Å². The molecule has 0 heterocycles. The van der Waals surface area contributed by atoms with E-state index in [1.54, 1.807) is 0 Å². The fraction of sp³-hybridized carbons (Fsp3) is 1.00. The van der Waals surface area contributed by atoms with Gasteiger partial charge in [-0.2, -0.15) is 0 Å². The Morgan fingerprint density at radius 3 is 1.59 bits per heavy atom. The van der Waals surface area contributed by atoms with Gasteiger partial charge in [0.25, 0.3) is 0 Å². The van der Waals surface area contributed by atoms with Crippen molar-refractivity contribution in [2.45, 2.75) is 71.9 Å². The van der Waals surface area contributed by atoms with E-state index in [0.29, 0.717) is 0 Å². The van der Waals surface area contributed by atoms with Gasteiger partial charge in [0, 0.05) is 13.2 Å². The molecule has 2 nitrogen and oxygen atoms in total. The number of hydrogen-bond acceptors (Lipinski definition) is 2. The van der Waals surface area contributed by atoms with Crippen LogP contribution in [0.2, 0.25) is 12.1 Å². The highest BCUT2D eigenvalue weighted by atomic mass is 28.4. The molecule has 0 bridgehead atoms. The van der Waals surface area contributed by atoms with Crippen LogP contribution in [0, 0.1) is 0 Å². The average Bonchev–Trinajstić information content (AvgIpc) is 2.31. The van der Waals surface area contributed by atoms with E-state index in [0.717, 1.165) is 32.1 Å². The molecule has 17 heavy (non-hydrogen) atoms. The number of hydrogen-bond donors (Lipinski definition) is 0. The molecule has 0 amide bonds. The Kier molecular flexibility index (Phi) is 14.8. The van der Waals surface area contributed by atoms with Crippen molar-refractivity contribution >= 4 is 19.5 Å². The van der Waals surface area contributed by atoms with E-state index in [-0.39, 0.29) is 11.0 Å². The van der Waals surface area contributed by atoms with E-state index in [4.69, 9.17) is 8.85 Å². The van der Waals surface area contributed by atoms with E-state index in [1.165, 1.54) is 25.3 Å². The summed E-state index contributed by atoms with van der Waals surface area (Å²) in [5, 5.41) is 0. The summed E-state index contributed by atoms with van der Waals surface area (Å²) >= 11 is 0. The van der Waals surface area contributed by atoms with Gasteiger partial charge in [0.05, 0.1) is 0 Å². The first-order valence-electron chi connectivity index (χ1n) is 7.02. The van der Waals surface area contributed by atoms with Gasteiger partial charge in [0.15, 0.2) is 0 Å². The van der Waals surface area contributed by atoms with E-state index in [1.807, 2.05) is 0 Å². The van der Waals surface area contributed by atoms with Crippen LogP contribution in [0.25, 0.3) is 0 Å². The lowest BCUT2D eigenvalue weighted by Crippen LogP contribution is -2.42. The van der Waals surface area contributed by atoms with E-state index < -0.39 is 8.56 Å². The van der Waals surface area contributed by atoms with E-state index >= 15 is 0 Å². The van der Waals surface area contributed by atoms with Crippen LogP contribution in [0.3, 0.4) is 0 Å². The lowest BCUT2D eigenvalue weighted by atomic mass is 10.4. The van der Waals surface area contributed by atoms with Crippen LogP contribution in [-0.2, 0) is 8.85 Å². The second kappa shape index (κ2) is 12.8. The summed E-state index contributed by atoms with van der Waals surface area (Å²) in [5.41, 5.74) is 0. The molecule has 0 aliphatic heterocycles. The molecule has 0 atom stereocenters. The van der Waals surface area contributed by atoms with E-state index in [2.05, 4.69) is 27.7 Å². The largest absolute Gasteiger partial charge is 0.394 e. The second-order valence-corrected chi connectivity index (χ2v) is 7.86. The highest BCUT2D eigenvalue weighted by Crippen LogP contribution is 2.24. The molecule has 0 fully saturated rings. The van der Waals surface area contributed by atoms with Crippen LogP contribution in [0.5, 0.6) is 0 Å². The molecule has 0 spiro atoms. The predicted molar refractivity (Wildman–Crippen MR) is 84.4 cm³/mol. The maximum absolute atomic E-state index is 6.14. The molecule has 0 saturated heterocycles. The van der Waals surface area contributed by atoms with Crippen molar-refractivity contribution in [1.82, 2.24) is 0 Å². The SMILES string of the molecule is CCCC[Si](CCC)(OCCC)OCCC.[SiH4]. The fourth-order valence-corrected chi connectivity index (χ4v) is 5.58. The van der Waals surface area contributed by atoms with Crippen LogP contribution in [0.1, 0.15) is 59.8 Å². The van der Waals surface area contributed by atoms with Crippen LogP contribution in [0.4, 0.5) is 0 Å². The summed E-state index contributed by atoms with van der Waals surface area (Å²) in [6.07, 6.45) is 5.87. The third-order valence-electron chi connectivity index (χ3n) is 2.68. The molecular formula is C13H34O2Si2. The van der Waals surface area contributed by atoms with Gasteiger partial charge in [0.2, 0.25) is 0 Å². The van der Waals surface area contributed by atoms with Crippen molar-refractivity contribution in [3.05, 3.63) is 0 Å². The lowest BCUT2D eigenvalue weighted by Gasteiger charge is -2.30. The highest BCUT2D eigenvalue weighted by molar-refractivity contribution is 6.67. The smallest absolute Gasteiger partial charge is 0.338 e. The zero-order valence-corrected chi connectivity index (χ0v) is 12.7. The maximum Gasteiger partial charge on any atom is 0.338 e. The minimum absolute atomic E-state index is 0. The molecule has 0 aliphatic rings. The molecule has 0 aliphatic carbocycles. The summed E-state index contributed by atoms with van der Waals surface area (Å²) in [4.78, 5) is 0. The standard InChI is InChI=1S/C13H30O2Si.H4Si/c1-5-9-13-16(12-8-4,14-10-6-2)15-11-7-3;/h5-13H2,1-4H3;1H4. The summed E-state index contributed by atoms with van der Waals surface area (Å²) in [7, 11) is -1.86. The average molecular weight is 279 g/mol. The fourth-order valence-electron chi connectivity index (χ4n) is 1.86. The Hall–Kier alpha value is 0.354. The minimum Gasteiger partial charge on any atom is -0.394 e. The molecule has 4 heteroatoms. The number of rotatable bonds is 11. The van der Waals surface area contributed by atoms with Crippen molar-refractivity contribution < 1.29 is 8.85 Å². The first-order valence-corrected chi connectivity index (χ1v) is 9.25. The quantitative estimate of drug-likeness (QED) is 0.541. The Morgan fingerprint density at radius 2 is 1.24 bits per heavy atom. The molecule has 0 N–H and O–H groups in total. The molecule has 0 aromatic rings. The maximum atomic E-state index is 6.14. The third kappa shape index (κ3) is 9.00. The normalized spacial score (nSPS) is 11.3. The Labute approximate surface area is 114 Å². The van der Waals surface area contributed by atoms with E-state index in [9.17, 15) is 0 Å². The monoisotopic (exact) mass is 278 g/mol. The van der Waals surface area contributed by atoms with Crippen molar-refractivity contribution in [3.8, 4) is 0 Å². The minimum atomic E-state index is -1.86. The molecule has 0 rings (SSSR count). The Morgan fingerprint density at radius 1 is 0.706 bits per heavy atom. The molecule has 0 aromatic carbocycles. The summed E-state index contributed by atoms with van der Waals surface area (Å²) < 4.78 is 12.3. The zero-order valence-electron chi connectivity index (χ0n) is 11.7. The van der Waals surface area contributed by atoms with Crippen molar-refractivity contribution in [2.75, 3.05) is 13.2 Å². The van der Waals surface area contributed by atoms with Gasteiger partial charge in [-0.3, -0.25) is 0 Å². The highest BCUT2D eigenvalue weighted by Gasteiger charge is 2.35. The van der Waals surface area contributed by atoms with Crippen LogP contribution in [0.15, 0.2) is 0 Å². The molecule has 0 radical (unpaired) electrons. The first kappa shape index (κ1) is 19.7. The van der Waals surface area contributed by atoms with Gasteiger partial charge in [0.1, 0.15) is 0 Å². The van der Waals surface area contributed by atoms with Crippen molar-refractivity contribution in [1.29, 1.82) is 0 Å².